The topological polar surface area (TPSA) is 41.6 Å². The Morgan fingerprint density at radius 1 is 1.07 bits per heavy atom. The first kappa shape index (κ1) is 18.7. The van der Waals surface area contributed by atoms with Gasteiger partial charge in [-0.05, 0) is 35.4 Å². The highest BCUT2D eigenvalue weighted by atomic mass is 16.5. The van der Waals surface area contributed by atoms with Crippen molar-refractivity contribution in [1.29, 1.82) is 0 Å². The van der Waals surface area contributed by atoms with Gasteiger partial charge in [-0.15, -0.1) is 0 Å². The van der Waals surface area contributed by atoms with E-state index in [9.17, 15) is 4.79 Å². The first-order chi connectivity index (χ1) is 13.7. The molecule has 0 radical (unpaired) electrons. The molecule has 2 atom stereocenters. The van der Waals surface area contributed by atoms with Gasteiger partial charge in [-0.25, -0.2) is 0 Å². The van der Waals surface area contributed by atoms with Crippen molar-refractivity contribution >= 4 is 16.7 Å². The standard InChI is InChI=1S/C24H26N2O2/c1-18(22-13-7-11-19-8-5-6-12-23(19)22)25-16-21-17-28-15-14-26(21)24(27)20-9-3-2-4-10-20/h2-13,18,21,25H,14-17H2,1H3. The lowest BCUT2D eigenvalue weighted by atomic mass is 9.99. The van der Waals surface area contributed by atoms with Gasteiger partial charge >= 0.3 is 0 Å². The minimum absolute atomic E-state index is 0.0267. The van der Waals surface area contributed by atoms with Crippen molar-refractivity contribution in [2.75, 3.05) is 26.3 Å². The number of nitrogens with zero attached hydrogens (tertiary/aromatic N) is 1. The Morgan fingerprint density at radius 3 is 2.68 bits per heavy atom. The molecule has 0 saturated carbocycles. The average molecular weight is 374 g/mol. The molecule has 1 amide bonds. The van der Waals surface area contributed by atoms with Crippen molar-refractivity contribution in [3.63, 3.8) is 0 Å². The minimum atomic E-state index is 0.0267. The van der Waals surface area contributed by atoms with E-state index in [-0.39, 0.29) is 18.0 Å². The molecule has 0 spiro atoms. The summed E-state index contributed by atoms with van der Waals surface area (Å²) in [6.45, 7) is 4.66. The highest BCUT2D eigenvalue weighted by Gasteiger charge is 2.28. The summed E-state index contributed by atoms with van der Waals surface area (Å²) < 4.78 is 5.67. The second kappa shape index (κ2) is 8.55. The molecule has 0 aromatic heterocycles. The first-order valence-corrected chi connectivity index (χ1v) is 9.89. The summed E-state index contributed by atoms with van der Waals surface area (Å²) in [6.07, 6.45) is 0. The van der Waals surface area contributed by atoms with Crippen molar-refractivity contribution in [3.05, 3.63) is 83.9 Å². The number of ether oxygens (including phenoxy) is 1. The fraction of sp³-hybridized carbons (Fsp3) is 0.292. The number of benzene rings is 3. The van der Waals surface area contributed by atoms with Crippen LogP contribution in [0.1, 0.15) is 28.9 Å². The third-order valence-electron chi connectivity index (χ3n) is 5.46. The summed E-state index contributed by atoms with van der Waals surface area (Å²) in [7, 11) is 0. The maximum atomic E-state index is 12.9. The molecule has 144 valence electrons. The number of carbonyl (C=O) groups excluding carboxylic acids is 1. The van der Waals surface area contributed by atoms with E-state index in [0.717, 1.165) is 5.56 Å². The van der Waals surface area contributed by atoms with Crippen LogP contribution in [0.25, 0.3) is 10.8 Å². The van der Waals surface area contributed by atoms with Gasteiger partial charge in [-0.2, -0.15) is 0 Å². The quantitative estimate of drug-likeness (QED) is 0.733. The molecule has 4 heteroatoms. The molecule has 1 saturated heterocycles. The Hall–Kier alpha value is -2.69. The van der Waals surface area contributed by atoms with Gasteiger partial charge in [0.05, 0.1) is 19.3 Å². The van der Waals surface area contributed by atoms with E-state index in [0.29, 0.717) is 26.3 Å². The molecule has 4 nitrogen and oxygen atoms in total. The highest BCUT2D eigenvalue weighted by Crippen LogP contribution is 2.24. The Morgan fingerprint density at radius 2 is 1.82 bits per heavy atom. The lowest BCUT2D eigenvalue weighted by Gasteiger charge is -2.36. The van der Waals surface area contributed by atoms with Gasteiger partial charge in [0.1, 0.15) is 0 Å². The van der Waals surface area contributed by atoms with Gasteiger partial charge in [-0.1, -0.05) is 60.7 Å². The Balaban J connectivity index is 1.47. The van der Waals surface area contributed by atoms with Gasteiger partial charge in [-0.3, -0.25) is 4.79 Å². The van der Waals surface area contributed by atoms with Crippen molar-refractivity contribution in [2.24, 2.45) is 0 Å². The molecule has 0 bridgehead atoms. The van der Waals surface area contributed by atoms with Gasteiger partial charge in [0, 0.05) is 24.7 Å². The Bertz CT molecular complexity index is 936. The smallest absolute Gasteiger partial charge is 0.254 e. The normalized spacial score (nSPS) is 18.2. The number of carbonyl (C=O) groups is 1. The van der Waals surface area contributed by atoms with Crippen LogP contribution in [0, 0.1) is 0 Å². The molecule has 2 unspecified atom stereocenters. The molecule has 1 N–H and O–H groups in total. The molecule has 3 aromatic rings. The third-order valence-corrected chi connectivity index (χ3v) is 5.46. The second-order valence-corrected chi connectivity index (χ2v) is 7.29. The van der Waals surface area contributed by atoms with E-state index in [1.165, 1.54) is 16.3 Å². The molecular formula is C24H26N2O2. The first-order valence-electron chi connectivity index (χ1n) is 9.89. The minimum Gasteiger partial charge on any atom is -0.377 e. The molecular weight excluding hydrogens is 348 g/mol. The van der Waals surface area contributed by atoms with Crippen LogP contribution < -0.4 is 5.32 Å². The number of hydrogen-bond donors (Lipinski definition) is 1. The van der Waals surface area contributed by atoms with Gasteiger partial charge in [0.25, 0.3) is 5.91 Å². The van der Waals surface area contributed by atoms with Crippen LogP contribution in [-0.2, 0) is 4.74 Å². The second-order valence-electron chi connectivity index (χ2n) is 7.29. The van der Waals surface area contributed by atoms with Crippen molar-refractivity contribution in [1.82, 2.24) is 10.2 Å². The van der Waals surface area contributed by atoms with Crippen LogP contribution in [0.4, 0.5) is 0 Å². The van der Waals surface area contributed by atoms with Crippen LogP contribution in [0.5, 0.6) is 0 Å². The number of nitrogens with one attached hydrogen (secondary N) is 1. The molecule has 28 heavy (non-hydrogen) atoms. The van der Waals surface area contributed by atoms with Crippen LogP contribution in [0.15, 0.2) is 72.8 Å². The molecule has 3 aromatic carbocycles. The average Bonchev–Trinajstić information content (AvgIpc) is 2.77. The van der Waals surface area contributed by atoms with E-state index < -0.39 is 0 Å². The van der Waals surface area contributed by atoms with Gasteiger partial charge in [0.2, 0.25) is 0 Å². The highest BCUT2D eigenvalue weighted by molar-refractivity contribution is 5.94. The van der Waals surface area contributed by atoms with E-state index in [1.54, 1.807) is 0 Å². The number of rotatable bonds is 5. The SMILES string of the molecule is CC(NCC1COCCN1C(=O)c1ccccc1)c1cccc2ccccc12. The van der Waals surface area contributed by atoms with E-state index in [2.05, 4.69) is 54.7 Å². The summed E-state index contributed by atoms with van der Waals surface area (Å²) in [5, 5.41) is 6.13. The van der Waals surface area contributed by atoms with E-state index in [1.807, 2.05) is 35.2 Å². The maximum absolute atomic E-state index is 12.9. The third kappa shape index (κ3) is 3.93. The molecule has 1 aliphatic heterocycles. The summed E-state index contributed by atoms with van der Waals surface area (Å²) in [4.78, 5) is 14.9. The predicted molar refractivity (Wildman–Crippen MR) is 112 cm³/mol. The van der Waals surface area contributed by atoms with Gasteiger partial charge < -0.3 is 15.0 Å². The van der Waals surface area contributed by atoms with Crippen LogP contribution >= 0.6 is 0 Å². The zero-order valence-corrected chi connectivity index (χ0v) is 16.2. The van der Waals surface area contributed by atoms with E-state index in [4.69, 9.17) is 4.74 Å². The lowest BCUT2D eigenvalue weighted by Crippen LogP contribution is -2.53. The molecule has 1 aliphatic rings. The number of amides is 1. The number of hydrogen-bond acceptors (Lipinski definition) is 3. The zero-order valence-electron chi connectivity index (χ0n) is 16.2. The molecule has 0 aliphatic carbocycles. The predicted octanol–water partition coefficient (Wildman–Crippen LogP) is 4.03. The maximum Gasteiger partial charge on any atom is 0.254 e. The van der Waals surface area contributed by atoms with Crippen LogP contribution in [-0.4, -0.2) is 43.2 Å². The fourth-order valence-corrected chi connectivity index (χ4v) is 3.89. The molecule has 1 heterocycles. The van der Waals surface area contributed by atoms with Crippen molar-refractivity contribution in [3.8, 4) is 0 Å². The van der Waals surface area contributed by atoms with Crippen LogP contribution in [0.3, 0.4) is 0 Å². The zero-order chi connectivity index (χ0) is 19.3. The van der Waals surface area contributed by atoms with Crippen molar-refractivity contribution in [2.45, 2.75) is 19.0 Å². The monoisotopic (exact) mass is 374 g/mol. The molecule has 4 rings (SSSR count). The van der Waals surface area contributed by atoms with Gasteiger partial charge in [0.15, 0.2) is 0 Å². The fourth-order valence-electron chi connectivity index (χ4n) is 3.89. The summed E-state index contributed by atoms with van der Waals surface area (Å²) >= 11 is 0. The van der Waals surface area contributed by atoms with E-state index >= 15 is 0 Å². The Labute approximate surface area is 166 Å². The number of morpholine rings is 1. The van der Waals surface area contributed by atoms with Crippen LogP contribution in [0.2, 0.25) is 0 Å². The Kier molecular flexibility index (Phi) is 5.70. The largest absolute Gasteiger partial charge is 0.377 e. The summed E-state index contributed by atoms with van der Waals surface area (Å²) in [5.74, 6) is 0.0773. The number of fused-ring (bicyclic) bond motifs is 1. The van der Waals surface area contributed by atoms with Crippen molar-refractivity contribution < 1.29 is 9.53 Å². The summed E-state index contributed by atoms with van der Waals surface area (Å²) in [5.41, 5.74) is 2.01. The summed E-state index contributed by atoms with van der Waals surface area (Å²) in [6, 6.07) is 24.6. The molecule has 1 fully saturated rings. The lowest BCUT2D eigenvalue weighted by molar-refractivity contribution is -0.00204.